The van der Waals surface area contributed by atoms with Gasteiger partial charge in [0, 0.05) is 18.7 Å². The predicted octanol–water partition coefficient (Wildman–Crippen LogP) is 3.19. The van der Waals surface area contributed by atoms with Crippen molar-refractivity contribution in [2.75, 3.05) is 25.0 Å². The number of nitrogens with zero attached hydrogens (tertiary/aromatic N) is 1. The van der Waals surface area contributed by atoms with Crippen molar-refractivity contribution >= 4 is 23.0 Å². The van der Waals surface area contributed by atoms with Crippen LogP contribution in [0, 0.1) is 21.3 Å². The van der Waals surface area contributed by atoms with Crippen molar-refractivity contribution in [2.24, 2.45) is 5.41 Å². The lowest BCUT2D eigenvalue weighted by molar-refractivity contribution is -0.384. The van der Waals surface area contributed by atoms with Gasteiger partial charge in [0.25, 0.3) is 5.69 Å². The fourth-order valence-electron chi connectivity index (χ4n) is 2.34. The predicted molar refractivity (Wildman–Crippen MR) is 76.8 cm³/mol. The van der Waals surface area contributed by atoms with Crippen molar-refractivity contribution in [1.82, 2.24) is 5.32 Å². The maximum atomic E-state index is 13.5. The van der Waals surface area contributed by atoms with Gasteiger partial charge in [0.1, 0.15) is 11.5 Å². The Hall–Kier alpha value is -1.40. The molecule has 1 heterocycles. The van der Waals surface area contributed by atoms with Crippen molar-refractivity contribution < 1.29 is 9.31 Å². The maximum absolute atomic E-state index is 13.5. The average molecular weight is 302 g/mol. The summed E-state index contributed by atoms with van der Waals surface area (Å²) in [5.74, 6) is -0.657. The van der Waals surface area contributed by atoms with E-state index < -0.39 is 10.7 Å². The summed E-state index contributed by atoms with van der Waals surface area (Å²) in [5, 5.41) is 17.0. The molecule has 0 unspecified atom stereocenters. The third-order valence-electron chi connectivity index (χ3n) is 3.75. The number of benzene rings is 1. The number of hydrogen-bond donors (Lipinski definition) is 2. The summed E-state index contributed by atoms with van der Waals surface area (Å²) >= 11 is 5.59. The van der Waals surface area contributed by atoms with E-state index in [1.807, 2.05) is 0 Å². The van der Waals surface area contributed by atoms with E-state index in [0.29, 0.717) is 6.54 Å². The summed E-state index contributed by atoms with van der Waals surface area (Å²) in [6, 6.07) is 2.13. The number of nitrogens with one attached hydrogen (secondary N) is 2. The second-order valence-electron chi connectivity index (χ2n) is 5.45. The maximum Gasteiger partial charge on any atom is 0.294 e. The van der Waals surface area contributed by atoms with Gasteiger partial charge in [-0.15, -0.1) is 0 Å². The molecule has 7 heteroatoms. The van der Waals surface area contributed by atoms with E-state index in [4.69, 9.17) is 11.6 Å². The molecular weight excluding hydrogens is 285 g/mol. The Morgan fingerprint density at radius 2 is 2.15 bits per heavy atom. The molecule has 1 aliphatic heterocycles. The van der Waals surface area contributed by atoms with Gasteiger partial charge < -0.3 is 10.6 Å². The highest BCUT2D eigenvalue weighted by Gasteiger charge is 2.27. The first-order valence-corrected chi connectivity index (χ1v) is 6.87. The zero-order chi connectivity index (χ0) is 14.8. The lowest BCUT2D eigenvalue weighted by Crippen LogP contribution is -2.39. The molecule has 2 rings (SSSR count). The Morgan fingerprint density at radius 3 is 2.75 bits per heavy atom. The van der Waals surface area contributed by atoms with Crippen LogP contribution in [-0.4, -0.2) is 24.6 Å². The van der Waals surface area contributed by atoms with Gasteiger partial charge in [-0.2, -0.15) is 0 Å². The molecule has 2 N–H and O–H groups in total. The van der Waals surface area contributed by atoms with Crippen molar-refractivity contribution in [1.29, 1.82) is 0 Å². The Labute approximate surface area is 121 Å². The summed E-state index contributed by atoms with van der Waals surface area (Å²) in [7, 11) is 0. The van der Waals surface area contributed by atoms with Crippen molar-refractivity contribution in [2.45, 2.75) is 19.8 Å². The molecule has 1 aromatic rings. The zero-order valence-corrected chi connectivity index (χ0v) is 12.0. The molecule has 20 heavy (non-hydrogen) atoms. The monoisotopic (exact) mass is 301 g/mol. The van der Waals surface area contributed by atoms with Crippen molar-refractivity contribution in [3.05, 3.63) is 33.1 Å². The SMILES string of the molecule is CC1(CNc2cc(F)c(Cl)cc2[N+](=O)[O-])CCNCC1. The van der Waals surface area contributed by atoms with Crippen molar-refractivity contribution in [3.8, 4) is 0 Å². The summed E-state index contributed by atoms with van der Waals surface area (Å²) in [6.07, 6.45) is 1.95. The minimum Gasteiger partial charge on any atom is -0.379 e. The van der Waals surface area contributed by atoms with Gasteiger partial charge in [-0.1, -0.05) is 18.5 Å². The highest BCUT2D eigenvalue weighted by atomic mass is 35.5. The Kier molecular flexibility index (Phi) is 4.45. The standard InChI is InChI=1S/C13H17ClFN3O2/c1-13(2-4-16-5-3-13)8-17-11-7-10(15)9(14)6-12(11)18(19)20/h6-7,16-17H,2-5,8H2,1H3. The molecule has 0 spiro atoms. The summed E-state index contributed by atoms with van der Waals surface area (Å²) in [4.78, 5) is 10.4. The van der Waals surface area contributed by atoms with Gasteiger partial charge in [-0.3, -0.25) is 10.1 Å². The summed E-state index contributed by atoms with van der Waals surface area (Å²) in [6.45, 7) is 4.54. The molecule has 0 aromatic heterocycles. The van der Waals surface area contributed by atoms with Gasteiger partial charge in [-0.25, -0.2) is 4.39 Å². The number of rotatable bonds is 4. The number of nitro groups is 1. The molecule has 1 saturated heterocycles. The molecule has 110 valence electrons. The van der Waals surface area contributed by atoms with E-state index in [1.54, 1.807) is 0 Å². The molecule has 0 atom stereocenters. The van der Waals surface area contributed by atoms with E-state index in [9.17, 15) is 14.5 Å². The Morgan fingerprint density at radius 1 is 1.50 bits per heavy atom. The number of hydrogen-bond acceptors (Lipinski definition) is 4. The van der Waals surface area contributed by atoms with E-state index >= 15 is 0 Å². The van der Waals surface area contributed by atoms with Crippen LogP contribution < -0.4 is 10.6 Å². The number of nitro benzene ring substituents is 1. The summed E-state index contributed by atoms with van der Waals surface area (Å²) < 4.78 is 13.5. The second-order valence-corrected chi connectivity index (χ2v) is 5.86. The van der Waals surface area contributed by atoms with Gasteiger partial charge >= 0.3 is 0 Å². The van der Waals surface area contributed by atoms with Crippen LogP contribution in [0.5, 0.6) is 0 Å². The minimum absolute atomic E-state index is 0.0508. The van der Waals surface area contributed by atoms with Crippen LogP contribution in [0.3, 0.4) is 0 Å². The van der Waals surface area contributed by atoms with Crippen LogP contribution >= 0.6 is 11.6 Å². The van der Waals surface area contributed by atoms with E-state index in [0.717, 1.165) is 38.1 Å². The molecule has 0 radical (unpaired) electrons. The third-order valence-corrected chi connectivity index (χ3v) is 4.04. The summed E-state index contributed by atoms with van der Waals surface area (Å²) in [5.41, 5.74) is 0.0282. The molecule has 1 aliphatic rings. The van der Waals surface area contributed by atoms with Gasteiger partial charge in [0.05, 0.1) is 9.95 Å². The van der Waals surface area contributed by atoms with Crippen LogP contribution in [-0.2, 0) is 0 Å². The normalized spacial score (nSPS) is 17.8. The lowest BCUT2D eigenvalue weighted by Gasteiger charge is -2.34. The molecule has 1 fully saturated rings. The fraction of sp³-hybridized carbons (Fsp3) is 0.538. The Balaban J connectivity index is 2.16. The third kappa shape index (κ3) is 3.37. The smallest absolute Gasteiger partial charge is 0.294 e. The van der Waals surface area contributed by atoms with E-state index in [2.05, 4.69) is 17.6 Å². The average Bonchev–Trinajstić information content (AvgIpc) is 2.40. The largest absolute Gasteiger partial charge is 0.379 e. The lowest BCUT2D eigenvalue weighted by atomic mass is 9.81. The first-order valence-electron chi connectivity index (χ1n) is 6.49. The highest BCUT2D eigenvalue weighted by molar-refractivity contribution is 6.31. The topological polar surface area (TPSA) is 67.2 Å². The second kappa shape index (κ2) is 5.93. The van der Waals surface area contributed by atoms with Crippen LogP contribution in [0.1, 0.15) is 19.8 Å². The molecule has 0 amide bonds. The van der Waals surface area contributed by atoms with Gasteiger partial charge in [0.15, 0.2) is 0 Å². The fourth-order valence-corrected chi connectivity index (χ4v) is 2.50. The number of piperidine rings is 1. The quantitative estimate of drug-likeness (QED) is 0.662. The zero-order valence-electron chi connectivity index (χ0n) is 11.2. The molecular formula is C13H17ClFN3O2. The molecule has 5 nitrogen and oxygen atoms in total. The first-order chi connectivity index (χ1) is 9.41. The molecule has 0 saturated carbocycles. The highest BCUT2D eigenvalue weighted by Crippen LogP contribution is 2.33. The van der Waals surface area contributed by atoms with Crippen molar-refractivity contribution in [3.63, 3.8) is 0 Å². The van der Waals surface area contributed by atoms with Crippen LogP contribution in [0.25, 0.3) is 0 Å². The molecule has 1 aromatic carbocycles. The molecule has 0 aliphatic carbocycles. The number of anilines is 1. The van der Waals surface area contributed by atoms with Gasteiger partial charge in [-0.05, 0) is 31.3 Å². The van der Waals surface area contributed by atoms with Crippen LogP contribution in [0.2, 0.25) is 5.02 Å². The first kappa shape index (κ1) is 15.0. The number of halogens is 2. The van der Waals surface area contributed by atoms with Crippen LogP contribution in [0.4, 0.5) is 15.8 Å². The molecule has 0 bridgehead atoms. The van der Waals surface area contributed by atoms with Crippen LogP contribution in [0.15, 0.2) is 12.1 Å². The Bertz CT molecular complexity index is 519. The minimum atomic E-state index is -0.657. The van der Waals surface area contributed by atoms with Gasteiger partial charge in [0.2, 0.25) is 0 Å². The van der Waals surface area contributed by atoms with E-state index in [1.165, 1.54) is 0 Å². The van der Waals surface area contributed by atoms with E-state index in [-0.39, 0.29) is 21.8 Å².